The summed E-state index contributed by atoms with van der Waals surface area (Å²) in [6.07, 6.45) is 5.33. The molecule has 4 aromatic rings. The van der Waals surface area contributed by atoms with Gasteiger partial charge in [-0.25, -0.2) is 4.98 Å². The molecule has 1 aliphatic rings. The third-order valence-electron chi connectivity index (χ3n) is 6.14. The Morgan fingerprint density at radius 1 is 1.06 bits per heavy atom. The minimum atomic E-state index is -0.202. The van der Waals surface area contributed by atoms with E-state index in [1.165, 1.54) is 11.3 Å². The number of carbonyl (C=O) groups is 1. The fourth-order valence-corrected chi connectivity index (χ4v) is 5.72. The van der Waals surface area contributed by atoms with Crippen molar-refractivity contribution >= 4 is 33.1 Å². The van der Waals surface area contributed by atoms with Crippen molar-refractivity contribution in [2.75, 3.05) is 5.32 Å². The number of hydrogen-bond acceptors (Lipinski definition) is 4. The molecular formula is C27H23N3OS. The lowest BCUT2D eigenvalue weighted by atomic mass is 10.0. The first-order valence-corrected chi connectivity index (χ1v) is 11.8. The second kappa shape index (κ2) is 8.57. The van der Waals surface area contributed by atoms with Crippen molar-refractivity contribution < 1.29 is 4.79 Å². The highest BCUT2D eigenvalue weighted by molar-refractivity contribution is 7.16. The largest absolute Gasteiger partial charge is 0.312 e. The maximum Gasteiger partial charge on any atom is 0.257 e. The highest BCUT2D eigenvalue weighted by Gasteiger charge is 2.22. The third kappa shape index (κ3) is 3.68. The number of nitriles is 1. The first-order chi connectivity index (χ1) is 15.7. The fourth-order valence-electron chi connectivity index (χ4n) is 4.48. The van der Waals surface area contributed by atoms with Crippen molar-refractivity contribution in [2.24, 2.45) is 0 Å². The van der Waals surface area contributed by atoms with E-state index in [0.29, 0.717) is 16.1 Å². The highest BCUT2D eigenvalue weighted by atomic mass is 32.1. The Labute approximate surface area is 191 Å². The quantitative estimate of drug-likeness (QED) is 0.364. The molecule has 2 aromatic carbocycles. The second-order valence-corrected chi connectivity index (χ2v) is 9.33. The molecule has 0 radical (unpaired) electrons. The van der Waals surface area contributed by atoms with Crippen LogP contribution in [0.3, 0.4) is 0 Å². The van der Waals surface area contributed by atoms with Crippen LogP contribution in [0.5, 0.6) is 0 Å². The molecule has 0 fully saturated rings. The molecule has 0 unspecified atom stereocenters. The number of amides is 1. The lowest BCUT2D eigenvalue weighted by Gasteiger charge is -2.11. The van der Waals surface area contributed by atoms with E-state index in [9.17, 15) is 10.1 Å². The maximum atomic E-state index is 13.5. The van der Waals surface area contributed by atoms with E-state index in [2.05, 4.69) is 11.4 Å². The van der Waals surface area contributed by atoms with Crippen LogP contribution >= 0.6 is 11.3 Å². The monoisotopic (exact) mass is 437 g/mol. The predicted molar refractivity (Wildman–Crippen MR) is 130 cm³/mol. The summed E-state index contributed by atoms with van der Waals surface area (Å²) in [4.78, 5) is 19.6. The summed E-state index contributed by atoms with van der Waals surface area (Å²) >= 11 is 1.56. The molecule has 4 nitrogen and oxygen atoms in total. The van der Waals surface area contributed by atoms with Crippen LogP contribution in [0.15, 0.2) is 54.6 Å². The molecule has 2 aromatic heterocycles. The summed E-state index contributed by atoms with van der Waals surface area (Å²) in [5, 5.41) is 14.4. The summed E-state index contributed by atoms with van der Waals surface area (Å²) in [5.74, 6) is -0.202. The van der Waals surface area contributed by atoms with Gasteiger partial charge >= 0.3 is 0 Å². The number of nitrogens with zero attached hydrogens (tertiary/aromatic N) is 2. The number of aromatic nitrogens is 1. The standard InChI is InChI=1S/C27H23N3OS/c1-17-9-5-6-10-18(17)24-15-21(19-11-7-8-13-23(19)29-24)26(31)30-27-22(16-28)20-12-3-2-4-14-25(20)32-27/h5-11,13,15H,2-4,12,14H2,1H3,(H,30,31). The molecular weight excluding hydrogens is 414 g/mol. The Hall–Kier alpha value is -3.49. The van der Waals surface area contributed by atoms with E-state index >= 15 is 0 Å². The Morgan fingerprint density at radius 2 is 1.84 bits per heavy atom. The molecule has 0 aliphatic heterocycles. The molecule has 2 heterocycles. The number of rotatable bonds is 3. The number of aryl methyl sites for hydroxylation is 2. The zero-order chi connectivity index (χ0) is 22.1. The molecule has 1 aliphatic carbocycles. The third-order valence-corrected chi connectivity index (χ3v) is 7.35. The van der Waals surface area contributed by atoms with E-state index < -0.39 is 0 Å². The van der Waals surface area contributed by atoms with Crippen LogP contribution in [0.1, 0.15) is 51.2 Å². The highest BCUT2D eigenvalue weighted by Crippen LogP contribution is 2.37. The van der Waals surface area contributed by atoms with Gasteiger partial charge in [0.05, 0.1) is 22.3 Å². The van der Waals surface area contributed by atoms with Gasteiger partial charge in [-0.2, -0.15) is 5.26 Å². The number of benzene rings is 2. The minimum Gasteiger partial charge on any atom is -0.312 e. The fraction of sp³-hybridized carbons (Fsp3) is 0.222. The Balaban J connectivity index is 1.59. The average molecular weight is 438 g/mol. The minimum absolute atomic E-state index is 0.202. The van der Waals surface area contributed by atoms with Crippen LogP contribution in [0.4, 0.5) is 5.00 Å². The second-order valence-electron chi connectivity index (χ2n) is 8.22. The summed E-state index contributed by atoms with van der Waals surface area (Å²) in [7, 11) is 0. The Morgan fingerprint density at radius 3 is 2.69 bits per heavy atom. The van der Waals surface area contributed by atoms with Gasteiger partial charge in [0.1, 0.15) is 11.1 Å². The van der Waals surface area contributed by atoms with Gasteiger partial charge in [0, 0.05) is 15.8 Å². The van der Waals surface area contributed by atoms with Crippen molar-refractivity contribution in [1.29, 1.82) is 5.26 Å². The van der Waals surface area contributed by atoms with Crippen LogP contribution in [0.25, 0.3) is 22.2 Å². The normalized spacial score (nSPS) is 13.2. The molecule has 0 saturated carbocycles. The molecule has 32 heavy (non-hydrogen) atoms. The number of carbonyl (C=O) groups excluding carboxylic acids is 1. The van der Waals surface area contributed by atoms with Crippen molar-refractivity contribution in [3.05, 3.63) is 81.7 Å². The first kappa shape index (κ1) is 20.4. The van der Waals surface area contributed by atoms with Crippen molar-refractivity contribution in [2.45, 2.75) is 39.0 Å². The van der Waals surface area contributed by atoms with Crippen LogP contribution in [0, 0.1) is 18.3 Å². The van der Waals surface area contributed by atoms with Crippen molar-refractivity contribution in [1.82, 2.24) is 4.98 Å². The Bertz CT molecular complexity index is 1380. The first-order valence-electron chi connectivity index (χ1n) is 11.0. The van der Waals surface area contributed by atoms with Crippen LogP contribution in [0.2, 0.25) is 0 Å². The van der Waals surface area contributed by atoms with Gasteiger partial charge in [-0.15, -0.1) is 11.3 Å². The van der Waals surface area contributed by atoms with E-state index in [4.69, 9.17) is 4.98 Å². The van der Waals surface area contributed by atoms with Crippen LogP contribution in [-0.4, -0.2) is 10.9 Å². The number of pyridine rings is 1. The molecule has 5 rings (SSSR count). The summed E-state index contributed by atoms with van der Waals surface area (Å²) in [6, 6.07) is 20.0. The Kier molecular flexibility index (Phi) is 5.46. The zero-order valence-electron chi connectivity index (χ0n) is 17.9. The molecule has 1 amide bonds. The molecule has 1 N–H and O–H groups in total. The van der Waals surface area contributed by atoms with Gasteiger partial charge in [0.15, 0.2) is 0 Å². The van der Waals surface area contributed by atoms with Gasteiger partial charge in [-0.3, -0.25) is 4.79 Å². The summed E-state index contributed by atoms with van der Waals surface area (Å²) < 4.78 is 0. The van der Waals surface area contributed by atoms with Crippen LogP contribution in [-0.2, 0) is 12.8 Å². The number of nitrogens with one attached hydrogen (secondary N) is 1. The molecule has 5 heteroatoms. The predicted octanol–water partition coefficient (Wildman–Crippen LogP) is 6.66. The lowest BCUT2D eigenvalue weighted by molar-refractivity contribution is 0.102. The lowest BCUT2D eigenvalue weighted by Crippen LogP contribution is -2.13. The number of anilines is 1. The van der Waals surface area contributed by atoms with Gasteiger partial charge in [0.2, 0.25) is 0 Å². The topological polar surface area (TPSA) is 65.8 Å². The molecule has 0 bridgehead atoms. The number of hydrogen-bond donors (Lipinski definition) is 1. The zero-order valence-corrected chi connectivity index (χ0v) is 18.8. The van der Waals surface area contributed by atoms with Gasteiger partial charge in [-0.05, 0) is 55.9 Å². The summed E-state index contributed by atoms with van der Waals surface area (Å²) in [6.45, 7) is 2.05. The number of para-hydroxylation sites is 1. The van der Waals surface area contributed by atoms with E-state index in [-0.39, 0.29) is 5.91 Å². The molecule has 158 valence electrons. The molecule has 0 atom stereocenters. The van der Waals surface area contributed by atoms with Gasteiger partial charge < -0.3 is 5.32 Å². The van der Waals surface area contributed by atoms with Crippen LogP contribution < -0.4 is 5.32 Å². The molecule has 0 spiro atoms. The average Bonchev–Trinajstić information content (AvgIpc) is 2.97. The molecule has 0 saturated heterocycles. The number of thiophene rings is 1. The van der Waals surface area contributed by atoms with E-state index in [1.54, 1.807) is 11.3 Å². The van der Waals surface area contributed by atoms with E-state index in [1.807, 2.05) is 61.5 Å². The van der Waals surface area contributed by atoms with Crippen molar-refractivity contribution in [3.8, 4) is 17.3 Å². The van der Waals surface area contributed by atoms with E-state index in [0.717, 1.165) is 59.0 Å². The van der Waals surface area contributed by atoms with Gasteiger partial charge in [0.25, 0.3) is 5.91 Å². The van der Waals surface area contributed by atoms with Crippen molar-refractivity contribution in [3.63, 3.8) is 0 Å². The number of fused-ring (bicyclic) bond motifs is 2. The summed E-state index contributed by atoms with van der Waals surface area (Å²) in [5.41, 5.74) is 6.00. The maximum absolute atomic E-state index is 13.5. The smallest absolute Gasteiger partial charge is 0.257 e. The SMILES string of the molecule is Cc1ccccc1-c1cc(C(=O)Nc2sc3c(c2C#N)CCCCC3)c2ccccc2n1. The van der Waals surface area contributed by atoms with Gasteiger partial charge in [-0.1, -0.05) is 48.9 Å².